The number of imidazole rings is 1. The van der Waals surface area contributed by atoms with Crippen LogP contribution in [0.5, 0.6) is 0 Å². The van der Waals surface area contributed by atoms with Gasteiger partial charge in [-0.05, 0) is 12.5 Å². The molecule has 11 heavy (non-hydrogen) atoms. The number of fused-ring (bicyclic) bond motifs is 1. The van der Waals surface area contributed by atoms with E-state index >= 15 is 0 Å². The third kappa shape index (κ3) is 0.888. The van der Waals surface area contributed by atoms with Crippen LogP contribution in [-0.4, -0.2) is 14.4 Å². The fraction of sp³-hybridized carbons (Fsp3) is 0.250. The van der Waals surface area contributed by atoms with Crippen LogP contribution in [0, 0.1) is 0 Å². The van der Waals surface area contributed by atoms with E-state index in [0.29, 0.717) is 0 Å². The van der Waals surface area contributed by atoms with Crippen LogP contribution >= 0.6 is 0 Å². The predicted octanol–water partition coefficient (Wildman–Crippen LogP) is 1.29. The lowest BCUT2D eigenvalue weighted by atomic mass is 10.4. The number of hydrogen-bond donors (Lipinski definition) is 0. The number of hydrogen-bond acceptors (Lipinski definition) is 2. The molecule has 0 amide bonds. The van der Waals surface area contributed by atoms with Gasteiger partial charge in [-0.25, -0.2) is 9.97 Å². The first-order valence-corrected chi connectivity index (χ1v) is 3.67. The minimum absolute atomic E-state index is 0.969. The lowest BCUT2D eigenvalue weighted by molar-refractivity contribution is 0.964. The van der Waals surface area contributed by atoms with Gasteiger partial charge in [0.2, 0.25) is 0 Å². The summed E-state index contributed by atoms with van der Waals surface area (Å²) in [6.45, 7) is 2.11. The van der Waals surface area contributed by atoms with E-state index in [0.717, 1.165) is 12.1 Å². The molecule has 3 nitrogen and oxygen atoms in total. The minimum Gasteiger partial charge on any atom is -0.287 e. The fourth-order valence-electron chi connectivity index (χ4n) is 1.15. The summed E-state index contributed by atoms with van der Waals surface area (Å²) in [7, 11) is 0. The van der Waals surface area contributed by atoms with Crippen molar-refractivity contribution in [2.75, 3.05) is 0 Å². The summed E-state index contributed by atoms with van der Waals surface area (Å²) in [5.74, 6) is 0. The van der Waals surface area contributed by atoms with E-state index in [4.69, 9.17) is 0 Å². The van der Waals surface area contributed by atoms with Crippen LogP contribution in [0.25, 0.3) is 5.65 Å². The summed E-state index contributed by atoms with van der Waals surface area (Å²) < 4.78 is 2.00. The summed E-state index contributed by atoms with van der Waals surface area (Å²) in [4.78, 5) is 8.23. The molecule has 0 N–H and O–H groups in total. The van der Waals surface area contributed by atoms with E-state index in [1.807, 2.05) is 16.7 Å². The Labute approximate surface area is 64.7 Å². The minimum atomic E-state index is 0.969. The average molecular weight is 147 g/mol. The highest BCUT2D eigenvalue weighted by Gasteiger charge is 1.97. The Kier molecular flexibility index (Phi) is 1.35. The van der Waals surface area contributed by atoms with Gasteiger partial charge in [0.25, 0.3) is 0 Å². The third-order valence-electron chi connectivity index (χ3n) is 1.76. The highest BCUT2D eigenvalue weighted by molar-refractivity contribution is 5.38. The zero-order chi connectivity index (χ0) is 7.68. The van der Waals surface area contributed by atoms with Gasteiger partial charge in [0.1, 0.15) is 12.0 Å². The Morgan fingerprint density at radius 2 is 2.45 bits per heavy atom. The zero-order valence-corrected chi connectivity index (χ0v) is 6.36. The third-order valence-corrected chi connectivity index (χ3v) is 1.76. The van der Waals surface area contributed by atoms with Gasteiger partial charge in [0.15, 0.2) is 0 Å². The van der Waals surface area contributed by atoms with Crippen molar-refractivity contribution < 1.29 is 0 Å². The Hall–Kier alpha value is -1.38. The molecule has 0 saturated carbocycles. The van der Waals surface area contributed by atoms with Crippen LogP contribution in [-0.2, 0) is 6.42 Å². The number of aromatic nitrogens is 3. The Balaban J connectivity index is 2.76. The van der Waals surface area contributed by atoms with Gasteiger partial charge in [-0.1, -0.05) is 6.92 Å². The molecular formula is C8H9N3. The monoisotopic (exact) mass is 147 g/mol. The van der Waals surface area contributed by atoms with Crippen molar-refractivity contribution in [2.45, 2.75) is 13.3 Å². The van der Waals surface area contributed by atoms with Crippen molar-refractivity contribution in [2.24, 2.45) is 0 Å². The van der Waals surface area contributed by atoms with E-state index < -0.39 is 0 Å². The molecule has 0 spiro atoms. The van der Waals surface area contributed by atoms with E-state index in [1.165, 1.54) is 5.69 Å². The molecule has 0 saturated heterocycles. The molecule has 0 radical (unpaired) electrons. The molecule has 0 fully saturated rings. The SMILES string of the molecule is CCc1cnc2ccncn12. The zero-order valence-electron chi connectivity index (χ0n) is 6.36. The second kappa shape index (κ2) is 2.34. The van der Waals surface area contributed by atoms with E-state index in [2.05, 4.69) is 16.9 Å². The van der Waals surface area contributed by atoms with Gasteiger partial charge in [0, 0.05) is 18.1 Å². The Morgan fingerprint density at radius 3 is 3.27 bits per heavy atom. The lowest BCUT2D eigenvalue weighted by Crippen LogP contribution is -1.90. The van der Waals surface area contributed by atoms with Crippen LogP contribution in [0.4, 0.5) is 0 Å². The molecular weight excluding hydrogens is 138 g/mol. The van der Waals surface area contributed by atoms with Crippen LogP contribution in [0.2, 0.25) is 0 Å². The molecule has 2 aromatic heterocycles. The molecule has 0 aromatic carbocycles. The van der Waals surface area contributed by atoms with E-state index in [1.54, 1.807) is 12.5 Å². The predicted molar refractivity (Wildman–Crippen MR) is 42.4 cm³/mol. The first-order chi connectivity index (χ1) is 5.42. The van der Waals surface area contributed by atoms with Gasteiger partial charge in [-0.2, -0.15) is 0 Å². The Bertz CT molecular complexity index is 364. The van der Waals surface area contributed by atoms with Crippen LogP contribution in [0.3, 0.4) is 0 Å². The van der Waals surface area contributed by atoms with Crippen LogP contribution < -0.4 is 0 Å². The Morgan fingerprint density at radius 1 is 1.55 bits per heavy atom. The highest BCUT2D eigenvalue weighted by atomic mass is 15.0. The quantitative estimate of drug-likeness (QED) is 0.608. The van der Waals surface area contributed by atoms with E-state index in [9.17, 15) is 0 Å². The van der Waals surface area contributed by atoms with Gasteiger partial charge < -0.3 is 0 Å². The molecule has 0 aliphatic heterocycles. The maximum absolute atomic E-state index is 4.21. The molecule has 0 aliphatic carbocycles. The molecule has 2 heterocycles. The van der Waals surface area contributed by atoms with Crippen molar-refractivity contribution in [1.82, 2.24) is 14.4 Å². The second-order valence-corrected chi connectivity index (χ2v) is 2.41. The van der Waals surface area contributed by atoms with Gasteiger partial charge in [-0.3, -0.25) is 4.40 Å². The maximum atomic E-state index is 4.21. The second-order valence-electron chi connectivity index (χ2n) is 2.41. The summed E-state index contributed by atoms with van der Waals surface area (Å²) in [5.41, 5.74) is 2.17. The van der Waals surface area contributed by atoms with Gasteiger partial charge >= 0.3 is 0 Å². The van der Waals surface area contributed by atoms with Crippen molar-refractivity contribution in [1.29, 1.82) is 0 Å². The summed E-state index contributed by atoms with van der Waals surface area (Å²) >= 11 is 0. The first kappa shape index (κ1) is 6.34. The topological polar surface area (TPSA) is 30.2 Å². The summed E-state index contributed by atoms with van der Waals surface area (Å²) in [6, 6.07) is 1.90. The highest BCUT2D eigenvalue weighted by Crippen LogP contribution is 2.04. The molecule has 2 aromatic rings. The van der Waals surface area contributed by atoms with E-state index in [-0.39, 0.29) is 0 Å². The van der Waals surface area contributed by atoms with Crippen LogP contribution in [0.1, 0.15) is 12.6 Å². The lowest BCUT2D eigenvalue weighted by Gasteiger charge is -1.94. The fourth-order valence-corrected chi connectivity index (χ4v) is 1.15. The molecule has 0 unspecified atom stereocenters. The molecule has 3 heteroatoms. The van der Waals surface area contributed by atoms with Gasteiger partial charge in [-0.15, -0.1) is 0 Å². The molecule has 0 bridgehead atoms. The van der Waals surface area contributed by atoms with Crippen molar-refractivity contribution in [3.63, 3.8) is 0 Å². The number of rotatable bonds is 1. The molecule has 56 valence electrons. The maximum Gasteiger partial charge on any atom is 0.139 e. The van der Waals surface area contributed by atoms with Crippen molar-refractivity contribution in [3.8, 4) is 0 Å². The van der Waals surface area contributed by atoms with Crippen LogP contribution in [0.15, 0.2) is 24.8 Å². The van der Waals surface area contributed by atoms with Crippen molar-refractivity contribution in [3.05, 3.63) is 30.5 Å². The smallest absolute Gasteiger partial charge is 0.139 e. The van der Waals surface area contributed by atoms with Gasteiger partial charge in [0.05, 0.1) is 0 Å². The number of nitrogens with zero attached hydrogens (tertiary/aromatic N) is 3. The summed E-state index contributed by atoms with van der Waals surface area (Å²) in [5, 5.41) is 0. The van der Waals surface area contributed by atoms with Crippen molar-refractivity contribution >= 4 is 5.65 Å². The summed E-state index contributed by atoms with van der Waals surface area (Å²) in [6.07, 6.45) is 6.42. The normalized spacial score (nSPS) is 10.6. The largest absolute Gasteiger partial charge is 0.287 e. The molecule has 0 aliphatic rings. The average Bonchev–Trinajstić information content (AvgIpc) is 2.47. The molecule has 0 atom stereocenters. The molecule has 2 rings (SSSR count). The standard InChI is InChI=1S/C8H9N3/c1-2-7-5-10-8-3-4-9-6-11(7)8/h3-6H,2H2,1H3. The number of aryl methyl sites for hydroxylation is 1. The first-order valence-electron chi connectivity index (χ1n) is 3.67.